The first-order valence-corrected chi connectivity index (χ1v) is 5.98. The minimum Gasteiger partial charge on any atom is -0.465 e. The molecule has 0 unspecified atom stereocenters. The number of aromatic nitrogens is 1. The van der Waals surface area contributed by atoms with Gasteiger partial charge in [-0.1, -0.05) is 29.3 Å². The molecule has 1 aromatic heterocycles. The summed E-state index contributed by atoms with van der Waals surface area (Å²) < 4.78 is 18.3. The average molecular weight is 300 g/mol. The van der Waals surface area contributed by atoms with Crippen LogP contribution in [0.15, 0.2) is 30.5 Å². The van der Waals surface area contributed by atoms with Crippen molar-refractivity contribution in [1.29, 1.82) is 0 Å². The number of methoxy groups -OCH3 is 1. The predicted octanol–water partition coefficient (Wildman–Crippen LogP) is 3.98. The lowest BCUT2D eigenvalue weighted by Crippen LogP contribution is -2.03. The van der Waals surface area contributed by atoms with Gasteiger partial charge in [-0.3, -0.25) is 0 Å². The summed E-state index contributed by atoms with van der Waals surface area (Å²) in [4.78, 5) is 14.9. The molecule has 0 amide bonds. The molecule has 19 heavy (non-hydrogen) atoms. The van der Waals surface area contributed by atoms with Gasteiger partial charge in [0.05, 0.1) is 22.7 Å². The fourth-order valence-electron chi connectivity index (χ4n) is 1.54. The molecule has 0 bridgehead atoms. The third-order valence-electron chi connectivity index (χ3n) is 2.49. The number of carbonyl (C=O) groups excluding carboxylic acids is 1. The highest BCUT2D eigenvalue weighted by Gasteiger charge is 2.13. The lowest BCUT2D eigenvalue weighted by molar-refractivity contribution is 0.0600. The molecule has 0 atom stereocenters. The van der Waals surface area contributed by atoms with Gasteiger partial charge in [-0.05, 0) is 23.8 Å². The predicted molar refractivity (Wildman–Crippen MR) is 71.0 cm³/mol. The normalized spacial score (nSPS) is 10.3. The second-order valence-electron chi connectivity index (χ2n) is 3.68. The van der Waals surface area contributed by atoms with Crippen molar-refractivity contribution in [3.05, 3.63) is 52.0 Å². The fraction of sp³-hybridized carbons (Fsp3) is 0.0769. The zero-order valence-electron chi connectivity index (χ0n) is 9.78. The smallest absolute Gasteiger partial charge is 0.339 e. The van der Waals surface area contributed by atoms with E-state index in [1.54, 1.807) is 12.1 Å². The molecule has 1 aromatic carbocycles. The molecule has 0 N–H and O–H groups in total. The van der Waals surface area contributed by atoms with Crippen molar-refractivity contribution >= 4 is 29.2 Å². The summed E-state index contributed by atoms with van der Waals surface area (Å²) in [5.41, 5.74) is 0.789. The van der Waals surface area contributed by atoms with Gasteiger partial charge in [0, 0.05) is 11.8 Å². The molecule has 0 saturated carbocycles. The van der Waals surface area contributed by atoms with Gasteiger partial charge in [0.25, 0.3) is 0 Å². The van der Waals surface area contributed by atoms with Gasteiger partial charge in [0.15, 0.2) is 0 Å². The van der Waals surface area contributed by atoms with Crippen molar-refractivity contribution in [2.75, 3.05) is 7.11 Å². The van der Waals surface area contributed by atoms with E-state index in [-0.39, 0.29) is 11.1 Å². The third-order valence-corrected chi connectivity index (χ3v) is 3.23. The summed E-state index contributed by atoms with van der Waals surface area (Å²) in [5, 5.41) is 0.657. The molecule has 98 valence electrons. The summed E-state index contributed by atoms with van der Waals surface area (Å²) in [6.07, 6.45) is 1.11. The Labute approximate surface area is 118 Å². The number of ether oxygens (including phenoxy) is 1. The quantitative estimate of drug-likeness (QED) is 0.622. The van der Waals surface area contributed by atoms with E-state index >= 15 is 0 Å². The van der Waals surface area contributed by atoms with Gasteiger partial charge in [0.2, 0.25) is 5.95 Å². The van der Waals surface area contributed by atoms with E-state index in [1.165, 1.54) is 19.2 Å². The maximum Gasteiger partial charge on any atom is 0.339 e. The number of rotatable bonds is 2. The molecular weight excluding hydrogens is 292 g/mol. The number of halogens is 3. The molecule has 3 nitrogen and oxygen atoms in total. The lowest BCUT2D eigenvalue weighted by Gasteiger charge is -2.06. The second kappa shape index (κ2) is 5.55. The number of carbonyl (C=O) groups is 1. The van der Waals surface area contributed by atoms with Crippen molar-refractivity contribution in [2.24, 2.45) is 0 Å². The van der Waals surface area contributed by atoms with Crippen molar-refractivity contribution in [1.82, 2.24) is 4.98 Å². The minimum absolute atomic E-state index is 0.154. The van der Waals surface area contributed by atoms with Crippen LogP contribution in [-0.4, -0.2) is 18.1 Å². The molecule has 0 aliphatic rings. The summed E-state index contributed by atoms with van der Waals surface area (Å²) in [6, 6.07) is 6.00. The topological polar surface area (TPSA) is 39.2 Å². The number of benzene rings is 1. The highest BCUT2D eigenvalue weighted by atomic mass is 35.5. The first-order chi connectivity index (χ1) is 9.02. The van der Waals surface area contributed by atoms with Crippen molar-refractivity contribution in [3.63, 3.8) is 0 Å². The Hall–Kier alpha value is -1.65. The Morgan fingerprint density at radius 3 is 2.63 bits per heavy atom. The van der Waals surface area contributed by atoms with Crippen LogP contribution in [0, 0.1) is 5.95 Å². The standard InChI is InChI=1S/C13H8Cl2FNO2/c1-19-13(18)8-4-9(12(16)17-6-8)7-2-3-10(14)11(15)5-7/h2-6H,1H3. The van der Waals surface area contributed by atoms with Gasteiger partial charge in [0.1, 0.15) is 0 Å². The SMILES string of the molecule is COC(=O)c1cnc(F)c(-c2ccc(Cl)c(Cl)c2)c1. The number of esters is 1. The molecule has 0 spiro atoms. The summed E-state index contributed by atoms with van der Waals surface area (Å²) in [6.45, 7) is 0. The van der Waals surface area contributed by atoms with E-state index in [0.29, 0.717) is 15.6 Å². The molecule has 0 fully saturated rings. The van der Waals surface area contributed by atoms with Crippen LogP contribution >= 0.6 is 23.2 Å². The van der Waals surface area contributed by atoms with Gasteiger partial charge in [-0.15, -0.1) is 0 Å². The van der Waals surface area contributed by atoms with Crippen LogP contribution in [0.3, 0.4) is 0 Å². The Bertz CT molecular complexity index is 647. The van der Waals surface area contributed by atoms with Crippen LogP contribution in [-0.2, 0) is 4.74 Å². The molecule has 1 heterocycles. The van der Waals surface area contributed by atoms with E-state index in [4.69, 9.17) is 23.2 Å². The first kappa shape index (κ1) is 13.8. The molecule has 0 aliphatic heterocycles. The number of pyridine rings is 1. The van der Waals surface area contributed by atoms with Gasteiger partial charge < -0.3 is 4.74 Å². The lowest BCUT2D eigenvalue weighted by atomic mass is 10.1. The monoisotopic (exact) mass is 299 g/mol. The van der Waals surface area contributed by atoms with Gasteiger partial charge in [-0.25, -0.2) is 9.78 Å². The largest absolute Gasteiger partial charge is 0.465 e. The van der Waals surface area contributed by atoms with Crippen molar-refractivity contribution in [2.45, 2.75) is 0 Å². The Morgan fingerprint density at radius 2 is 2.00 bits per heavy atom. The number of hydrogen-bond donors (Lipinski definition) is 0. The first-order valence-electron chi connectivity index (χ1n) is 5.22. The van der Waals surface area contributed by atoms with E-state index in [2.05, 4.69) is 9.72 Å². The van der Waals surface area contributed by atoms with E-state index in [1.807, 2.05) is 0 Å². The molecule has 2 aromatic rings. The maximum atomic E-state index is 13.7. The summed E-state index contributed by atoms with van der Waals surface area (Å²) in [5.74, 6) is -1.29. The Kier molecular flexibility index (Phi) is 4.02. The van der Waals surface area contributed by atoms with E-state index < -0.39 is 11.9 Å². The number of hydrogen-bond acceptors (Lipinski definition) is 3. The van der Waals surface area contributed by atoms with Crippen LogP contribution in [0.2, 0.25) is 10.0 Å². The van der Waals surface area contributed by atoms with Crippen LogP contribution in [0.25, 0.3) is 11.1 Å². The zero-order valence-corrected chi connectivity index (χ0v) is 11.3. The molecule has 0 saturated heterocycles. The van der Waals surface area contributed by atoms with E-state index in [9.17, 15) is 9.18 Å². The molecule has 0 aliphatic carbocycles. The highest BCUT2D eigenvalue weighted by molar-refractivity contribution is 6.42. The fourth-order valence-corrected chi connectivity index (χ4v) is 1.84. The van der Waals surface area contributed by atoms with Gasteiger partial charge >= 0.3 is 5.97 Å². The minimum atomic E-state index is -0.703. The Balaban J connectivity index is 2.54. The van der Waals surface area contributed by atoms with Crippen molar-refractivity contribution in [3.8, 4) is 11.1 Å². The molecule has 6 heteroatoms. The molecular formula is C13H8Cl2FNO2. The Morgan fingerprint density at radius 1 is 1.26 bits per heavy atom. The van der Waals surface area contributed by atoms with E-state index in [0.717, 1.165) is 6.20 Å². The van der Waals surface area contributed by atoms with Crippen molar-refractivity contribution < 1.29 is 13.9 Å². The average Bonchev–Trinajstić information content (AvgIpc) is 2.41. The highest BCUT2D eigenvalue weighted by Crippen LogP contribution is 2.29. The molecule has 2 rings (SSSR count). The third kappa shape index (κ3) is 2.85. The number of nitrogens with zero attached hydrogens (tertiary/aromatic N) is 1. The molecule has 0 radical (unpaired) electrons. The van der Waals surface area contributed by atoms with Crippen LogP contribution < -0.4 is 0 Å². The summed E-state index contributed by atoms with van der Waals surface area (Å²) in [7, 11) is 1.24. The zero-order chi connectivity index (χ0) is 14.0. The summed E-state index contributed by atoms with van der Waals surface area (Å²) >= 11 is 11.7. The van der Waals surface area contributed by atoms with Crippen LogP contribution in [0.5, 0.6) is 0 Å². The van der Waals surface area contributed by atoms with Crippen LogP contribution in [0.4, 0.5) is 4.39 Å². The van der Waals surface area contributed by atoms with Crippen LogP contribution in [0.1, 0.15) is 10.4 Å². The second-order valence-corrected chi connectivity index (χ2v) is 4.50. The maximum absolute atomic E-state index is 13.7. The van der Waals surface area contributed by atoms with Gasteiger partial charge in [-0.2, -0.15) is 4.39 Å².